The van der Waals surface area contributed by atoms with Crippen LogP contribution < -0.4 is 15.4 Å². The van der Waals surface area contributed by atoms with Crippen LogP contribution in [0, 0.1) is 5.41 Å². The molecule has 2 aromatic rings. The molecule has 1 saturated heterocycles. The molecular weight excluding hydrogens is 328 g/mol. The fourth-order valence-corrected chi connectivity index (χ4v) is 3.11. The fraction of sp³-hybridized carbons (Fsp3) is 0.474. The number of piperazine rings is 1. The summed E-state index contributed by atoms with van der Waals surface area (Å²) < 4.78 is 7.50. The Balaban J connectivity index is 1.86. The lowest BCUT2D eigenvalue weighted by atomic mass is 10.0. The van der Waals surface area contributed by atoms with E-state index in [9.17, 15) is 0 Å². The van der Waals surface area contributed by atoms with Crippen molar-refractivity contribution in [3.8, 4) is 5.75 Å². The predicted molar refractivity (Wildman–Crippen MR) is 105 cm³/mol. The highest BCUT2D eigenvalue weighted by Gasteiger charge is 2.20. The molecule has 0 aliphatic carbocycles. The summed E-state index contributed by atoms with van der Waals surface area (Å²) >= 11 is 0. The molecule has 140 valence electrons. The van der Waals surface area contributed by atoms with Gasteiger partial charge in [-0.3, -0.25) is 10.1 Å². The van der Waals surface area contributed by atoms with Crippen LogP contribution in [-0.2, 0) is 7.05 Å². The predicted octanol–water partition coefficient (Wildman–Crippen LogP) is 1.96. The molecule has 3 rings (SSSR count). The van der Waals surface area contributed by atoms with Gasteiger partial charge < -0.3 is 20.3 Å². The van der Waals surface area contributed by atoms with E-state index in [1.165, 1.54) is 0 Å². The third-order valence-electron chi connectivity index (χ3n) is 4.62. The van der Waals surface area contributed by atoms with E-state index in [4.69, 9.17) is 15.9 Å². The summed E-state index contributed by atoms with van der Waals surface area (Å²) in [5, 5.41) is 13.3. The Kier molecular flexibility index (Phi) is 5.18. The zero-order valence-corrected chi connectivity index (χ0v) is 16.0. The minimum absolute atomic E-state index is 0.0706. The molecule has 1 fully saturated rings. The van der Waals surface area contributed by atoms with E-state index in [2.05, 4.69) is 21.9 Å². The first-order valence-electron chi connectivity index (χ1n) is 8.98. The summed E-state index contributed by atoms with van der Waals surface area (Å²) in [7, 11) is 4.00. The lowest BCUT2D eigenvalue weighted by molar-refractivity contribution is 0.242. The third kappa shape index (κ3) is 3.83. The Hall–Kier alpha value is -2.54. The molecule has 2 heterocycles. The number of aryl methyl sites for hydroxylation is 1. The van der Waals surface area contributed by atoms with Gasteiger partial charge in [-0.1, -0.05) is 0 Å². The topological polar surface area (TPSA) is 83.4 Å². The third-order valence-corrected chi connectivity index (χ3v) is 4.62. The van der Waals surface area contributed by atoms with Crippen LogP contribution in [-0.4, -0.2) is 59.7 Å². The zero-order chi connectivity index (χ0) is 18.8. The Morgan fingerprint density at radius 1 is 1.15 bits per heavy atom. The molecule has 0 amide bonds. The maximum atomic E-state index is 8.67. The van der Waals surface area contributed by atoms with Crippen LogP contribution >= 0.6 is 0 Å². The van der Waals surface area contributed by atoms with Crippen molar-refractivity contribution in [2.24, 2.45) is 7.05 Å². The standard InChI is InChI=1S/C19H28N6O/c1-13(2)26-14-5-6-16(20)15(11-14)19(21)17-12-18(22-24(17)4)25-9-7-23(3)8-10-25/h5-6,11-13,21H,7-10,20H2,1-4H3. The molecule has 7 nitrogen and oxygen atoms in total. The first-order valence-corrected chi connectivity index (χ1v) is 8.98. The molecule has 1 aromatic heterocycles. The van der Waals surface area contributed by atoms with Crippen molar-refractivity contribution >= 4 is 17.2 Å². The van der Waals surface area contributed by atoms with Crippen LogP contribution in [0.3, 0.4) is 0 Å². The van der Waals surface area contributed by atoms with E-state index in [0.29, 0.717) is 17.0 Å². The van der Waals surface area contributed by atoms with Gasteiger partial charge in [0, 0.05) is 50.5 Å². The van der Waals surface area contributed by atoms with Crippen LogP contribution in [0.25, 0.3) is 0 Å². The van der Waals surface area contributed by atoms with Gasteiger partial charge in [-0.05, 0) is 39.1 Å². The van der Waals surface area contributed by atoms with Crippen molar-refractivity contribution in [1.29, 1.82) is 5.41 Å². The minimum atomic E-state index is 0.0706. The van der Waals surface area contributed by atoms with Gasteiger partial charge in [0.1, 0.15) is 5.75 Å². The van der Waals surface area contributed by atoms with Gasteiger partial charge in [-0.15, -0.1) is 0 Å². The molecule has 1 aromatic carbocycles. The van der Waals surface area contributed by atoms with Gasteiger partial charge in [0.25, 0.3) is 0 Å². The Morgan fingerprint density at radius 2 is 1.85 bits per heavy atom. The second kappa shape index (κ2) is 7.37. The number of nitrogens with zero attached hydrogens (tertiary/aromatic N) is 4. The monoisotopic (exact) mass is 356 g/mol. The fourth-order valence-electron chi connectivity index (χ4n) is 3.11. The number of hydrogen-bond acceptors (Lipinski definition) is 6. The summed E-state index contributed by atoms with van der Waals surface area (Å²) in [5.74, 6) is 1.63. The number of aromatic nitrogens is 2. The number of rotatable bonds is 5. The number of anilines is 2. The van der Waals surface area contributed by atoms with Crippen molar-refractivity contribution in [3.05, 3.63) is 35.5 Å². The average Bonchev–Trinajstić information content (AvgIpc) is 2.98. The highest BCUT2D eigenvalue weighted by atomic mass is 16.5. The number of hydrogen-bond donors (Lipinski definition) is 2. The number of nitrogens with two attached hydrogens (primary N) is 1. The first-order chi connectivity index (χ1) is 12.3. The van der Waals surface area contributed by atoms with Crippen LogP contribution in [0.1, 0.15) is 25.1 Å². The lowest BCUT2D eigenvalue weighted by Gasteiger charge is -2.32. The molecule has 26 heavy (non-hydrogen) atoms. The zero-order valence-electron chi connectivity index (χ0n) is 16.0. The Labute approximate surface area is 154 Å². The Bertz CT molecular complexity index is 789. The van der Waals surface area contributed by atoms with E-state index in [1.807, 2.05) is 39.1 Å². The van der Waals surface area contributed by atoms with E-state index in [-0.39, 0.29) is 6.10 Å². The van der Waals surface area contributed by atoms with Gasteiger partial charge >= 0.3 is 0 Å². The molecule has 0 saturated carbocycles. The second-order valence-electron chi connectivity index (χ2n) is 7.09. The van der Waals surface area contributed by atoms with E-state index in [1.54, 1.807) is 10.7 Å². The van der Waals surface area contributed by atoms with Gasteiger partial charge in [-0.2, -0.15) is 5.10 Å². The number of nitrogen functional groups attached to an aromatic ring is 1. The SMILES string of the molecule is CC(C)Oc1ccc(N)c(C(=N)c2cc(N3CCN(C)CC3)nn2C)c1. The summed E-state index contributed by atoms with van der Waals surface area (Å²) in [4.78, 5) is 4.57. The van der Waals surface area contributed by atoms with Gasteiger partial charge in [0.05, 0.1) is 17.5 Å². The second-order valence-corrected chi connectivity index (χ2v) is 7.09. The Morgan fingerprint density at radius 3 is 2.50 bits per heavy atom. The lowest BCUT2D eigenvalue weighted by Crippen LogP contribution is -2.44. The molecule has 0 spiro atoms. The smallest absolute Gasteiger partial charge is 0.151 e. The van der Waals surface area contributed by atoms with Crippen molar-refractivity contribution in [2.75, 3.05) is 43.9 Å². The molecule has 1 aliphatic heterocycles. The number of benzene rings is 1. The van der Waals surface area contributed by atoms with Crippen LogP contribution in [0.4, 0.5) is 11.5 Å². The largest absolute Gasteiger partial charge is 0.491 e. The van der Waals surface area contributed by atoms with Gasteiger partial charge in [0.15, 0.2) is 5.82 Å². The molecule has 7 heteroatoms. The molecule has 0 atom stereocenters. The normalized spacial score (nSPS) is 15.5. The van der Waals surface area contributed by atoms with Gasteiger partial charge in [-0.25, -0.2) is 0 Å². The average molecular weight is 356 g/mol. The van der Waals surface area contributed by atoms with Crippen molar-refractivity contribution in [2.45, 2.75) is 20.0 Å². The van der Waals surface area contributed by atoms with Crippen molar-refractivity contribution in [3.63, 3.8) is 0 Å². The molecule has 1 aliphatic rings. The summed E-state index contributed by atoms with van der Waals surface area (Å²) in [5.41, 5.74) is 8.45. The van der Waals surface area contributed by atoms with E-state index >= 15 is 0 Å². The summed E-state index contributed by atoms with van der Waals surface area (Å²) in [6, 6.07) is 7.44. The van der Waals surface area contributed by atoms with Crippen LogP contribution in [0.5, 0.6) is 5.75 Å². The molecule has 0 bridgehead atoms. The summed E-state index contributed by atoms with van der Waals surface area (Å²) in [6.07, 6.45) is 0.0706. The quantitative estimate of drug-likeness (QED) is 0.632. The summed E-state index contributed by atoms with van der Waals surface area (Å²) in [6.45, 7) is 7.88. The molecule has 3 N–H and O–H groups in total. The highest BCUT2D eigenvalue weighted by Crippen LogP contribution is 2.25. The molecular formula is C19H28N6O. The van der Waals surface area contributed by atoms with E-state index in [0.717, 1.165) is 43.4 Å². The van der Waals surface area contributed by atoms with Crippen molar-refractivity contribution in [1.82, 2.24) is 14.7 Å². The number of nitrogens with one attached hydrogen (secondary N) is 1. The maximum Gasteiger partial charge on any atom is 0.151 e. The molecule has 0 radical (unpaired) electrons. The van der Waals surface area contributed by atoms with Crippen molar-refractivity contribution < 1.29 is 4.74 Å². The highest BCUT2D eigenvalue weighted by molar-refractivity contribution is 6.13. The molecule has 0 unspecified atom stereocenters. The van der Waals surface area contributed by atoms with Crippen LogP contribution in [0.15, 0.2) is 24.3 Å². The van der Waals surface area contributed by atoms with Gasteiger partial charge in [0.2, 0.25) is 0 Å². The first kappa shape index (κ1) is 18.3. The maximum absolute atomic E-state index is 8.67. The van der Waals surface area contributed by atoms with Crippen LogP contribution in [0.2, 0.25) is 0 Å². The number of likely N-dealkylation sites (N-methyl/N-ethyl adjacent to an activating group) is 1. The number of ether oxygens (including phenoxy) is 1. The van der Waals surface area contributed by atoms with E-state index < -0.39 is 0 Å². The minimum Gasteiger partial charge on any atom is -0.491 e.